The number of pyridine rings is 1. The molecule has 1 aliphatic carbocycles. The molecule has 1 fully saturated rings. The summed E-state index contributed by atoms with van der Waals surface area (Å²) < 4.78 is 22.7. The molecule has 88 valence electrons. The average Bonchev–Trinajstić information content (AvgIpc) is 2.70. The molecular weight excluding hydrogens is 226 g/mol. The number of anilines is 1. The molecule has 1 aromatic rings. The minimum atomic E-state index is -3.70. The minimum absolute atomic E-state index is 0.0712. The number of sulfonamides is 1. The first-order chi connectivity index (χ1) is 7.57. The molecule has 0 aliphatic heterocycles. The van der Waals surface area contributed by atoms with E-state index in [1.807, 2.05) is 0 Å². The first kappa shape index (κ1) is 11.3. The van der Waals surface area contributed by atoms with E-state index in [4.69, 9.17) is 5.14 Å². The van der Waals surface area contributed by atoms with Crippen LogP contribution in [0.5, 0.6) is 0 Å². The molecule has 0 radical (unpaired) electrons. The molecule has 3 N–H and O–H groups in total. The van der Waals surface area contributed by atoms with Crippen molar-refractivity contribution in [3.05, 3.63) is 18.3 Å². The number of primary sulfonamides is 1. The molecule has 0 atom stereocenters. The van der Waals surface area contributed by atoms with E-state index < -0.39 is 10.0 Å². The Balaban J connectivity index is 2.26. The molecule has 0 spiro atoms. The topological polar surface area (TPSA) is 85.1 Å². The maximum atomic E-state index is 11.3. The van der Waals surface area contributed by atoms with Crippen LogP contribution in [0.25, 0.3) is 0 Å². The van der Waals surface area contributed by atoms with Crippen molar-refractivity contribution < 1.29 is 8.42 Å². The highest BCUT2D eigenvalue weighted by Gasteiger charge is 2.19. The summed E-state index contributed by atoms with van der Waals surface area (Å²) in [5.74, 6) is 0.372. The highest BCUT2D eigenvalue weighted by atomic mass is 32.2. The quantitative estimate of drug-likeness (QED) is 0.829. The molecule has 0 amide bonds. The van der Waals surface area contributed by atoms with Gasteiger partial charge >= 0.3 is 0 Å². The van der Waals surface area contributed by atoms with Gasteiger partial charge in [-0.25, -0.2) is 18.5 Å². The van der Waals surface area contributed by atoms with Gasteiger partial charge in [-0.05, 0) is 25.0 Å². The molecule has 16 heavy (non-hydrogen) atoms. The molecule has 1 heterocycles. The third-order valence-corrected chi connectivity index (χ3v) is 3.72. The van der Waals surface area contributed by atoms with Crippen LogP contribution >= 0.6 is 0 Å². The summed E-state index contributed by atoms with van der Waals surface area (Å²) in [5, 5.41) is 8.27. The van der Waals surface area contributed by atoms with Gasteiger partial charge in [0.1, 0.15) is 10.7 Å². The van der Waals surface area contributed by atoms with Gasteiger partial charge in [0.2, 0.25) is 10.0 Å². The smallest absolute Gasteiger partial charge is 0.241 e. The van der Waals surface area contributed by atoms with Crippen molar-refractivity contribution in [2.75, 3.05) is 5.32 Å². The van der Waals surface area contributed by atoms with Crippen LogP contribution in [0.2, 0.25) is 0 Å². The third kappa shape index (κ3) is 2.51. The van der Waals surface area contributed by atoms with E-state index in [0.717, 1.165) is 12.8 Å². The van der Waals surface area contributed by atoms with Gasteiger partial charge in [-0.1, -0.05) is 12.8 Å². The van der Waals surface area contributed by atoms with Crippen LogP contribution < -0.4 is 10.5 Å². The van der Waals surface area contributed by atoms with E-state index in [9.17, 15) is 8.42 Å². The Labute approximate surface area is 95.1 Å². The molecule has 1 aromatic heterocycles. The van der Waals surface area contributed by atoms with Gasteiger partial charge in [0.05, 0.1) is 0 Å². The summed E-state index contributed by atoms with van der Waals surface area (Å²) in [7, 11) is -3.70. The third-order valence-electron chi connectivity index (χ3n) is 2.77. The molecule has 0 bridgehead atoms. The Morgan fingerprint density at radius 3 is 2.69 bits per heavy atom. The molecule has 0 saturated heterocycles. The van der Waals surface area contributed by atoms with Crippen molar-refractivity contribution in [3.63, 3.8) is 0 Å². The zero-order chi connectivity index (χ0) is 11.6. The predicted molar refractivity (Wildman–Crippen MR) is 61.5 cm³/mol. The second-order valence-electron chi connectivity index (χ2n) is 4.02. The maximum absolute atomic E-state index is 11.3. The van der Waals surface area contributed by atoms with Crippen molar-refractivity contribution in [3.8, 4) is 0 Å². The molecule has 2 rings (SSSR count). The van der Waals surface area contributed by atoms with Gasteiger partial charge in [0.25, 0.3) is 0 Å². The highest BCUT2D eigenvalue weighted by Crippen LogP contribution is 2.24. The van der Waals surface area contributed by atoms with Crippen molar-refractivity contribution in [2.45, 2.75) is 36.6 Å². The second-order valence-corrected chi connectivity index (χ2v) is 5.55. The van der Waals surface area contributed by atoms with Crippen molar-refractivity contribution in [1.82, 2.24) is 4.98 Å². The van der Waals surface area contributed by atoms with E-state index in [2.05, 4.69) is 10.3 Å². The van der Waals surface area contributed by atoms with Crippen LogP contribution in [0.4, 0.5) is 5.82 Å². The van der Waals surface area contributed by atoms with E-state index in [0.29, 0.717) is 11.9 Å². The second kappa shape index (κ2) is 4.39. The number of nitrogens with two attached hydrogens (primary N) is 1. The summed E-state index contributed by atoms with van der Waals surface area (Å²) in [5.41, 5.74) is 0. The zero-order valence-electron chi connectivity index (χ0n) is 8.89. The van der Waals surface area contributed by atoms with Crippen molar-refractivity contribution in [2.24, 2.45) is 5.14 Å². The number of hydrogen-bond donors (Lipinski definition) is 2. The fourth-order valence-corrected chi connectivity index (χ4v) is 2.64. The van der Waals surface area contributed by atoms with Gasteiger partial charge < -0.3 is 5.32 Å². The summed E-state index contributed by atoms with van der Waals surface area (Å²) in [4.78, 5) is 4.11. The molecule has 0 aromatic carbocycles. The maximum Gasteiger partial charge on any atom is 0.241 e. The lowest BCUT2D eigenvalue weighted by atomic mass is 10.2. The lowest BCUT2D eigenvalue weighted by molar-refractivity contribution is 0.597. The van der Waals surface area contributed by atoms with Crippen LogP contribution in [0.15, 0.2) is 23.2 Å². The number of nitrogens with zero attached hydrogens (tertiary/aromatic N) is 1. The van der Waals surface area contributed by atoms with E-state index in [1.54, 1.807) is 12.3 Å². The fraction of sp³-hybridized carbons (Fsp3) is 0.500. The predicted octanol–water partition coefficient (Wildman–Crippen LogP) is 1.08. The number of nitrogens with one attached hydrogen (secondary N) is 1. The van der Waals surface area contributed by atoms with Gasteiger partial charge in [-0.3, -0.25) is 0 Å². The summed E-state index contributed by atoms with van der Waals surface area (Å²) in [6.07, 6.45) is 6.03. The first-order valence-electron chi connectivity index (χ1n) is 5.32. The van der Waals surface area contributed by atoms with Crippen LogP contribution in [-0.4, -0.2) is 19.4 Å². The van der Waals surface area contributed by atoms with Gasteiger partial charge in [-0.15, -0.1) is 0 Å². The number of rotatable bonds is 3. The average molecular weight is 241 g/mol. The van der Waals surface area contributed by atoms with E-state index >= 15 is 0 Å². The van der Waals surface area contributed by atoms with Crippen LogP contribution in [0.1, 0.15) is 25.7 Å². The summed E-state index contributed by atoms with van der Waals surface area (Å²) >= 11 is 0. The highest BCUT2D eigenvalue weighted by molar-refractivity contribution is 7.89. The van der Waals surface area contributed by atoms with E-state index in [1.165, 1.54) is 18.9 Å². The SMILES string of the molecule is NS(=O)(=O)c1cccnc1NC1CCCC1. The largest absolute Gasteiger partial charge is 0.366 e. The lowest BCUT2D eigenvalue weighted by Crippen LogP contribution is -2.20. The molecule has 1 saturated carbocycles. The van der Waals surface area contributed by atoms with Crippen LogP contribution in [0, 0.1) is 0 Å². The normalized spacial score (nSPS) is 17.6. The monoisotopic (exact) mass is 241 g/mol. The van der Waals surface area contributed by atoms with Gasteiger partial charge in [-0.2, -0.15) is 0 Å². The minimum Gasteiger partial charge on any atom is -0.366 e. The lowest BCUT2D eigenvalue weighted by Gasteiger charge is -2.14. The fourth-order valence-electron chi connectivity index (χ4n) is 1.99. The Hall–Kier alpha value is -1.14. The Bertz CT molecular complexity index is 467. The summed E-state index contributed by atoms with van der Waals surface area (Å²) in [6.45, 7) is 0. The standard InChI is InChI=1S/C10H15N3O2S/c11-16(14,15)9-6-3-7-12-10(9)13-8-4-1-2-5-8/h3,6-8H,1-2,4-5H2,(H,12,13)(H2,11,14,15). The van der Waals surface area contributed by atoms with Crippen molar-refractivity contribution in [1.29, 1.82) is 0 Å². The number of aromatic nitrogens is 1. The van der Waals surface area contributed by atoms with Crippen LogP contribution in [0.3, 0.4) is 0 Å². The Kier molecular flexibility index (Phi) is 3.11. The van der Waals surface area contributed by atoms with Crippen LogP contribution in [-0.2, 0) is 10.0 Å². The van der Waals surface area contributed by atoms with Gasteiger partial charge in [0.15, 0.2) is 0 Å². The Morgan fingerprint density at radius 1 is 1.38 bits per heavy atom. The molecule has 5 nitrogen and oxygen atoms in total. The number of hydrogen-bond acceptors (Lipinski definition) is 4. The molecule has 1 aliphatic rings. The summed E-state index contributed by atoms with van der Waals surface area (Å²) in [6, 6.07) is 3.36. The molecular formula is C10H15N3O2S. The van der Waals surface area contributed by atoms with E-state index in [-0.39, 0.29) is 4.90 Å². The molecule has 0 unspecified atom stereocenters. The zero-order valence-corrected chi connectivity index (χ0v) is 9.70. The van der Waals surface area contributed by atoms with Crippen molar-refractivity contribution >= 4 is 15.8 Å². The molecule has 6 heteroatoms. The first-order valence-corrected chi connectivity index (χ1v) is 6.86. The van der Waals surface area contributed by atoms with Gasteiger partial charge in [0, 0.05) is 12.2 Å². The Morgan fingerprint density at radius 2 is 2.06 bits per heavy atom.